The van der Waals surface area contributed by atoms with Gasteiger partial charge in [0.05, 0.1) is 7.11 Å². The number of carbonyl (C=O) groups is 2. The van der Waals surface area contributed by atoms with Gasteiger partial charge in [-0.1, -0.05) is 25.7 Å². The molecule has 0 aromatic carbocycles. The number of carbonyl (C=O) groups excluding carboxylic acids is 2. The first-order chi connectivity index (χ1) is 9.68. The van der Waals surface area contributed by atoms with Crippen LogP contribution in [0.25, 0.3) is 0 Å². The predicted octanol–water partition coefficient (Wildman–Crippen LogP) is 1.79. The highest BCUT2D eigenvalue weighted by molar-refractivity contribution is 5.89. The highest BCUT2D eigenvalue weighted by Crippen LogP contribution is 2.29. The van der Waals surface area contributed by atoms with Crippen LogP contribution in [0.1, 0.15) is 51.4 Å². The van der Waals surface area contributed by atoms with Crippen LogP contribution in [0.15, 0.2) is 0 Å². The molecule has 1 amide bonds. The van der Waals surface area contributed by atoms with Crippen molar-refractivity contribution in [1.29, 1.82) is 0 Å². The van der Waals surface area contributed by atoms with Crippen LogP contribution in [0, 0.1) is 5.92 Å². The molecule has 0 bridgehead atoms. The largest absolute Gasteiger partial charge is 0.467 e. The standard InChI is InChI=1S/C15H26N2O3.ClH/c1-20-14(19)15(8-4-2-3-5-9-15)17-13(18)12-6-10-16-11-7-12;/h12,16H,2-11H2,1H3,(H,17,18);1H. The normalized spacial score (nSPS) is 22.5. The minimum Gasteiger partial charge on any atom is -0.467 e. The molecular formula is C15H27ClN2O3. The number of methoxy groups -OCH3 is 1. The zero-order chi connectivity index (χ0) is 14.4. The predicted molar refractivity (Wildman–Crippen MR) is 83.4 cm³/mol. The number of ether oxygens (including phenoxy) is 1. The fourth-order valence-electron chi connectivity index (χ4n) is 3.33. The minimum atomic E-state index is -0.785. The zero-order valence-corrected chi connectivity index (χ0v) is 13.6. The molecule has 1 aliphatic heterocycles. The topological polar surface area (TPSA) is 67.4 Å². The van der Waals surface area contributed by atoms with Crippen molar-refractivity contribution in [3.8, 4) is 0 Å². The molecule has 0 aromatic rings. The van der Waals surface area contributed by atoms with Gasteiger partial charge in [0.1, 0.15) is 5.54 Å². The van der Waals surface area contributed by atoms with Gasteiger partial charge in [0, 0.05) is 5.92 Å². The first-order valence-corrected chi connectivity index (χ1v) is 7.79. The van der Waals surface area contributed by atoms with Gasteiger partial charge in [-0.3, -0.25) is 4.79 Å². The smallest absolute Gasteiger partial charge is 0.331 e. The van der Waals surface area contributed by atoms with Crippen molar-refractivity contribution < 1.29 is 14.3 Å². The minimum absolute atomic E-state index is 0. The van der Waals surface area contributed by atoms with Crippen molar-refractivity contribution in [1.82, 2.24) is 10.6 Å². The molecule has 1 aliphatic carbocycles. The summed E-state index contributed by atoms with van der Waals surface area (Å²) in [7, 11) is 1.41. The van der Waals surface area contributed by atoms with Crippen molar-refractivity contribution in [2.45, 2.75) is 56.9 Å². The van der Waals surface area contributed by atoms with Crippen molar-refractivity contribution in [3.63, 3.8) is 0 Å². The van der Waals surface area contributed by atoms with Crippen molar-refractivity contribution in [2.75, 3.05) is 20.2 Å². The van der Waals surface area contributed by atoms with Gasteiger partial charge >= 0.3 is 5.97 Å². The van der Waals surface area contributed by atoms with Crippen LogP contribution in [-0.4, -0.2) is 37.6 Å². The molecule has 0 aromatic heterocycles. The Labute approximate surface area is 133 Å². The van der Waals surface area contributed by atoms with Crippen LogP contribution in [-0.2, 0) is 14.3 Å². The van der Waals surface area contributed by atoms with E-state index in [1.54, 1.807) is 0 Å². The van der Waals surface area contributed by atoms with E-state index in [1.165, 1.54) is 7.11 Å². The van der Waals surface area contributed by atoms with Crippen molar-refractivity contribution in [2.24, 2.45) is 5.92 Å². The van der Waals surface area contributed by atoms with Crippen LogP contribution in [0.4, 0.5) is 0 Å². The van der Waals surface area contributed by atoms with Gasteiger partial charge in [-0.05, 0) is 38.8 Å². The average molecular weight is 319 g/mol. The quantitative estimate of drug-likeness (QED) is 0.615. The van der Waals surface area contributed by atoms with E-state index in [-0.39, 0.29) is 30.2 Å². The molecule has 122 valence electrons. The molecule has 21 heavy (non-hydrogen) atoms. The molecule has 1 heterocycles. The molecule has 1 saturated heterocycles. The van der Waals surface area contributed by atoms with Crippen LogP contribution < -0.4 is 10.6 Å². The second-order valence-corrected chi connectivity index (χ2v) is 6.00. The average Bonchev–Trinajstić information content (AvgIpc) is 2.74. The lowest BCUT2D eigenvalue weighted by atomic mass is 9.88. The van der Waals surface area contributed by atoms with Gasteiger partial charge in [0.15, 0.2) is 0 Å². The van der Waals surface area contributed by atoms with Crippen molar-refractivity contribution in [3.05, 3.63) is 0 Å². The molecule has 2 fully saturated rings. The summed E-state index contributed by atoms with van der Waals surface area (Å²) in [6.45, 7) is 1.76. The molecule has 2 rings (SSSR count). The summed E-state index contributed by atoms with van der Waals surface area (Å²) in [4.78, 5) is 24.7. The van der Waals surface area contributed by atoms with E-state index in [4.69, 9.17) is 4.74 Å². The summed E-state index contributed by atoms with van der Waals surface area (Å²) in [5, 5.41) is 6.31. The van der Waals surface area contributed by atoms with Crippen LogP contribution in [0.5, 0.6) is 0 Å². The summed E-state index contributed by atoms with van der Waals surface area (Å²) in [6, 6.07) is 0. The van der Waals surface area contributed by atoms with Gasteiger partial charge in [0.2, 0.25) is 5.91 Å². The Hall–Kier alpha value is -0.810. The van der Waals surface area contributed by atoms with Crippen molar-refractivity contribution >= 4 is 24.3 Å². The van der Waals surface area contributed by atoms with Gasteiger partial charge in [-0.15, -0.1) is 12.4 Å². The van der Waals surface area contributed by atoms with Gasteiger partial charge < -0.3 is 15.4 Å². The summed E-state index contributed by atoms with van der Waals surface area (Å²) in [5.74, 6) is -0.221. The molecule has 1 saturated carbocycles. The third-order valence-electron chi connectivity index (χ3n) is 4.61. The number of hydrogen-bond donors (Lipinski definition) is 2. The molecule has 2 N–H and O–H groups in total. The highest BCUT2D eigenvalue weighted by Gasteiger charge is 2.42. The van der Waals surface area contributed by atoms with E-state index in [0.717, 1.165) is 51.6 Å². The SMILES string of the molecule is COC(=O)C1(NC(=O)C2CCNCC2)CCCCCC1.Cl. The number of rotatable bonds is 3. The van der Waals surface area contributed by atoms with Gasteiger partial charge in [-0.25, -0.2) is 4.79 Å². The number of halogens is 1. The monoisotopic (exact) mass is 318 g/mol. The lowest BCUT2D eigenvalue weighted by Gasteiger charge is -2.33. The van der Waals surface area contributed by atoms with E-state index in [2.05, 4.69) is 10.6 Å². The maximum Gasteiger partial charge on any atom is 0.331 e. The third-order valence-corrected chi connectivity index (χ3v) is 4.61. The molecule has 0 radical (unpaired) electrons. The summed E-state index contributed by atoms with van der Waals surface area (Å²) < 4.78 is 4.97. The van der Waals surface area contributed by atoms with Gasteiger partial charge in [-0.2, -0.15) is 0 Å². The Morgan fingerprint density at radius 3 is 2.19 bits per heavy atom. The van der Waals surface area contributed by atoms with Gasteiger partial charge in [0.25, 0.3) is 0 Å². The summed E-state index contributed by atoms with van der Waals surface area (Å²) in [6.07, 6.45) is 7.31. The fraction of sp³-hybridized carbons (Fsp3) is 0.867. The molecule has 6 heteroatoms. The molecule has 0 spiro atoms. The van der Waals surface area contributed by atoms with Crippen LogP contribution >= 0.6 is 12.4 Å². The molecule has 2 aliphatic rings. The second kappa shape index (κ2) is 8.59. The number of nitrogens with one attached hydrogen (secondary N) is 2. The number of amides is 1. The first kappa shape index (κ1) is 18.2. The van der Waals surface area contributed by atoms with E-state index >= 15 is 0 Å². The fourth-order valence-corrected chi connectivity index (χ4v) is 3.33. The van der Waals surface area contributed by atoms with Crippen LogP contribution in [0.2, 0.25) is 0 Å². The Morgan fingerprint density at radius 2 is 1.67 bits per heavy atom. The van der Waals surface area contributed by atoms with E-state index in [9.17, 15) is 9.59 Å². The van der Waals surface area contributed by atoms with E-state index < -0.39 is 5.54 Å². The van der Waals surface area contributed by atoms with E-state index in [0.29, 0.717) is 12.8 Å². The molecule has 0 atom stereocenters. The molecule has 5 nitrogen and oxygen atoms in total. The number of esters is 1. The highest BCUT2D eigenvalue weighted by atomic mass is 35.5. The second-order valence-electron chi connectivity index (χ2n) is 6.00. The Kier molecular flexibility index (Phi) is 7.46. The summed E-state index contributed by atoms with van der Waals surface area (Å²) >= 11 is 0. The summed E-state index contributed by atoms with van der Waals surface area (Å²) in [5.41, 5.74) is -0.785. The Balaban J connectivity index is 0.00000220. The molecular weight excluding hydrogens is 292 g/mol. The Bertz CT molecular complexity index is 349. The maximum absolute atomic E-state index is 12.5. The number of piperidine rings is 1. The maximum atomic E-state index is 12.5. The lowest BCUT2D eigenvalue weighted by molar-refractivity contribution is -0.152. The lowest BCUT2D eigenvalue weighted by Crippen LogP contribution is -2.56. The zero-order valence-electron chi connectivity index (χ0n) is 12.8. The third kappa shape index (κ3) is 4.58. The molecule has 0 unspecified atom stereocenters. The van der Waals surface area contributed by atoms with E-state index in [1.807, 2.05) is 0 Å². The number of hydrogen-bond acceptors (Lipinski definition) is 4. The van der Waals surface area contributed by atoms with Crippen LogP contribution in [0.3, 0.4) is 0 Å². The Morgan fingerprint density at radius 1 is 1.10 bits per heavy atom. The first-order valence-electron chi connectivity index (χ1n) is 7.79.